The molecule has 16 heavy (non-hydrogen) atoms. The van der Waals surface area contributed by atoms with Crippen LogP contribution in [0.2, 0.25) is 0 Å². The van der Waals surface area contributed by atoms with Crippen LogP contribution in [0, 0.1) is 0 Å². The van der Waals surface area contributed by atoms with Gasteiger partial charge in [0.25, 0.3) is 10.1 Å². The normalized spacial score (nSPS) is 12.2. The molecule has 0 rings (SSSR count). The molecule has 0 aromatic heterocycles. The third-order valence-electron chi connectivity index (χ3n) is 1.20. The Morgan fingerprint density at radius 2 is 1.69 bits per heavy atom. The maximum absolute atomic E-state index is 11.1. The lowest BCUT2D eigenvalue weighted by atomic mass is 10.2. The summed E-state index contributed by atoms with van der Waals surface area (Å²) in [5, 5.41) is 0. The lowest BCUT2D eigenvalue weighted by molar-refractivity contribution is -0.156. The van der Waals surface area contributed by atoms with Gasteiger partial charge in [-0.25, -0.2) is 0 Å². The van der Waals surface area contributed by atoms with Crippen molar-refractivity contribution in [2.45, 2.75) is 32.8 Å². The second-order valence-corrected chi connectivity index (χ2v) is 5.91. The van der Waals surface area contributed by atoms with Crippen LogP contribution in [0.1, 0.15) is 27.2 Å². The Hall–Kier alpha value is -0.950. The first-order chi connectivity index (χ1) is 6.99. The summed E-state index contributed by atoms with van der Waals surface area (Å²) >= 11 is 0. The van der Waals surface area contributed by atoms with E-state index >= 15 is 0 Å². The van der Waals surface area contributed by atoms with Gasteiger partial charge in [0.2, 0.25) is 0 Å². The highest BCUT2D eigenvalue weighted by molar-refractivity contribution is 7.86. The number of ketones is 1. The Balaban J connectivity index is 4.03. The Morgan fingerprint density at radius 1 is 1.19 bits per heavy atom. The largest absolute Gasteiger partial charge is 0.460 e. The average Bonchev–Trinajstić information content (AvgIpc) is 1.95. The van der Waals surface area contributed by atoms with Gasteiger partial charge in [-0.05, 0) is 20.8 Å². The van der Waals surface area contributed by atoms with Gasteiger partial charge in [-0.15, -0.1) is 0 Å². The number of hydrogen-bond acceptors (Lipinski definition) is 6. The smallest absolute Gasteiger partial charge is 0.313 e. The third kappa shape index (κ3) is 9.60. The number of rotatable bonds is 5. The highest BCUT2D eigenvalue weighted by Gasteiger charge is 2.19. The van der Waals surface area contributed by atoms with Crippen LogP contribution in [-0.2, 0) is 28.6 Å². The molecule has 0 aliphatic carbocycles. The van der Waals surface area contributed by atoms with E-state index in [0.29, 0.717) is 0 Å². The summed E-state index contributed by atoms with van der Waals surface area (Å²) in [7, 11) is -3.66. The van der Waals surface area contributed by atoms with Crippen molar-refractivity contribution < 1.29 is 26.9 Å². The fourth-order valence-corrected chi connectivity index (χ4v) is 1.11. The molecule has 0 saturated heterocycles. The van der Waals surface area contributed by atoms with Gasteiger partial charge in [0.15, 0.2) is 5.78 Å². The number of ether oxygens (including phenoxy) is 1. The molecule has 0 saturated carbocycles. The average molecular weight is 252 g/mol. The topological polar surface area (TPSA) is 86.7 Å². The lowest BCUT2D eigenvalue weighted by Gasteiger charge is -2.19. The predicted molar refractivity (Wildman–Crippen MR) is 56.3 cm³/mol. The number of hydrogen-bond donors (Lipinski definition) is 0. The molecule has 0 aromatic rings. The van der Waals surface area contributed by atoms with Gasteiger partial charge in [-0.2, -0.15) is 8.42 Å². The van der Waals surface area contributed by atoms with Crippen molar-refractivity contribution in [2.24, 2.45) is 0 Å². The molecular formula is C9H16O6S. The van der Waals surface area contributed by atoms with E-state index in [0.717, 1.165) is 6.26 Å². The summed E-state index contributed by atoms with van der Waals surface area (Å²) in [5.41, 5.74) is -0.672. The summed E-state index contributed by atoms with van der Waals surface area (Å²) < 4.78 is 30.2. The van der Waals surface area contributed by atoms with Crippen molar-refractivity contribution in [1.82, 2.24) is 0 Å². The Bertz CT molecular complexity index is 362. The van der Waals surface area contributed by atoms with E-state index in [1.165, 1.54) is 0 Å². The zero-order valence-corrected chi connectivity index (χ0v) is 10.6. The molecule has 94 valence electrons. The van der Waals surface area contributed by atoms with Crippen molar-refractivity contribution in [1.29, 1.82) is 0 Å². The van der Waals surface area contributed by atoms with Gasteiger partial charge in [0, 0.05) is 0 Å². The lowest BCUT2D eigenvalue weighted by Crippen LogP contribution is -2.26. The number of carbonyl (C=O) groups excluding carboxylic acids is 2. The first kappa shape index (κ1) is 15.0. The van der Waals surface area contributed by atoms with Gasteiger partial charge < -0.3 is 4.74 Å². The van der Waals surface area contributed by atoms with Gasteiger partial charge in [0.05, 0.1) is 6.26 Å². The molecule has 0 amide bonds. The fraction of sp³-hybridized carbons (Fsp3) is 0.778. The van der Waals surface area contributed by atoms with Crippen molar-refractivity contribution in [3.05, 3.63) is 0 Å². The van der Waals surface area contributed by atoms with Crippen LogP contribution in [0.25, 0.3) is 0 Å². The minimum Gasteiger partial charge on any atom is -0.460 e. The van der Waals surface area contributed by atoms with Crippen LogP contribution in [0.5, 0.6) is 0 Å². The highest BCUT2D eigenvalue weighted by Crippen LogP contribution is 2.08. The number of esters is 1. The van der Waals surface area contributed by atoms with Crippen LogP contribution in [-0.4, -0.2) is 38.6 Å². The van der Waals surface area contributed by atoms with Crippen LogP contribution < -0.4 is 0 Å². The first-order valence-electron chi connectivity index (χ1n) is 4.57. The standard InChI is InChI=1S/C9H16O6S/c1-9(2,3)15-8(11)5-7(10)6-14-16(4,12)13/h5-6H2,1-4H3. The van der Waals surface area contributed by atoms with E-state index in [1.807, 2.05) is 0 Å². The maximum atomic E-state index is 11.1. The minimum absolute atomic E-state index is 0.493. The Labute approximate surface area is 95.0 Å². The zero-order valence-electron chi connectivity index (χ0n) is 9.77. The summed E-state index contributed by atoms with van der Waals surface area (Å²) in [6.45, 7) is 4.37. The first-order valence-corrected chi connectivity index (χ1v) is 6.39. The molecular weight excluding hydrogens is 236 g/mol. The maximum Gasteiger partial charge on any atom is 0.313 e. The summed E-state index contributed by atoms with van der Waals surface area (Å²) in [6.07, 6.45) is 0.334. The van der Waals surface area contributed by atoms with Crippen LogP contribution in [0.3, 0.4) is 0 Å². The quantitative estimate of drug-likeness (QED) is 0.396. The molecule has 0 unspecified atom stereocenters. The van der Waals surface area contributed by atoms with Crippen molar-refractivity contribution in [2.75, 3.05) is 12.9 Å². The summed E-state index contributed by atoms with van der Waals surface area (Å²) in [5.74, 6) is -1.34. The van der Waals surface area contributed by atoms with Gasteiger partial charge in [0.1, 0.15) is 18.6 Å². The number of carbonyl (C=O) groups is 2. The molecule has 0 fully saturated rings. The van der Waals surface area contributed by atoms with E-state index in [2.05, 4.69) is 4.18 Å². The SMILES string of the molecule is CC(C)(C)OC(=O)CC(=O)COS(C)(=O)=O. The second-order valence-electron chi connectivity index (χ2n) is 4.27. The van der Waals surface area contributed by atoms with Crippen LogP contribution in [0.15, 0.2) is 0 Å². The van der Waals surface area contributed by atoms with E-state index in [4.69, 9.17) is 4.74 Å². The molecule has 0 aliphatic rings. The van der Waals surface area contributed by atoms with E-state index in [-0.39, 0.29) is 0 Å². The molecule has 7 heteroatoms. The van der Waals surface area contributed by atoms with E-state index in [9.17, 15) is 18.0 Å². The molecule has 0 heterocycles. The van der Waals surface area contributed by atoms with Gasteiger partial charge >= 0.3 is 5.97 Å². The summed E-state index contributed by atoms with van der Waals surface area (Å²) in [6, 6.07) is 0. The highest BCUT2D eigenvalue weighted by atomic mass is 32.2. The predicted octanol–water partition coefficient (Wildman–Crippen LogP) is 0.264. The molecule has 0 bridgehead atoms. The Morgan fingerprint density at radius 3 is 2.06 bits per heavy atom. The number of Topliss-reactive ketones (excluding diaryl/α,β-unsaturated/α-hetero) is 1. The van der Waals surface area contributed by atoms with E-state index < -0.39 is 40.5 Å². The Kier molecular flexibility index (Phi) is 5.08. The molecule has 0 spiro atoms. The van der Waals surface area contributed by atoms with E-state index in [1.54, 1.807) is 20.8 Å². The molecule has 6 nitrogen and oxygen atoms in total. The monoisotopic (exact) mass is 252 g/mol. The van der Waals surface area contributed by atoms with Crippen LogP contribution in [0.4, 0.5) is 0 Å². The van der Waals surface area contributed by atoms with Crippen molar-refractivity contribution >= 4 is 21.9 Å². The molecule has 0 atom stereocenters. The van der Waals surface area contributed by atoms with Gasteiger partial charge in [-0.1, -0.05) is 0 Å². The molecule has 0 N–H and O–H groups in total. The second kappa shape index (κ2) is 5.40. The third-order valence-corrected chi connectivity index (χ3v) is 1.74. The van der Waals surface area contributed by atoms with Crippen molar-refractivity contribution in [3.63, 3.8) is 0 Å². The molecule has 0 aromatic carbocycles. The van der Waals surface area contributed by atoms with Crippen LogP contribution >= 0.6 is 0 Å². The van der Waals surface area contributed by atoms with Gasteiger partial charge in [-0.3, -0.25) is 13.8 Å². The van der Waals surface area contributed by atoms with Crippen molar-refractivity contribution in [3.8, 4) is 0 Å². The minimum atomic E-state index is -3.66. The molecule has 0 aliphatic heterocycles. The zero-order chi connectivity index (χ0) is 13.0. The molecule has 0 radical (unpaired) electrons. The fourth-order valence-electron chi connectivity index (χ4n) is 0.762. The summed E-state index contributed by atoms with van der Waals surface area (Å²) in [4.78, 5) is 22.2.